The Balaban J connectivity index is 1.91. The highest BCUT2D eigenvalue weighted by Gasteiger charge is 2.29. The Bertz CT molecular complexity index is 1210. The Morgan fingerprint density at radius 2 is 1.80 bits per heavy atom. The SMILES string of the molecule is CSc1nn(CC(=O)Nc2ccc(C)cc2Cl)c(N)c1S(=O)(=O)c1ccc(C)cc1. The van der Waals surface area contributed by atoms with Gasteiger partial charge in [-0.05, 0) is 49.9 Å². The van der Waals surface area contributed by atoms with Crippen LogP contribution in [-0.2, 0) is 21.2 Å². The van der Waals surface area contributed by atoms with Crippen LogP contribution in [0, 0.1) is 13.8 Å². The zero-order chi connectivity index (χ0) is 22.1. The lowest BCUT2D eigenvalue weighted by molar-refractivity contribution is -0.116. The molecule has 3 N–H and O–H groups in total. The number of thioether (sulfide) groups is 1. The highest BCUT2D eigenvalue weighted by Crippen LogP contribution is 2.34. The van der Waals surface area contributed by atoms with Crippen molar-refractivity contribution in [3.63, 3.8) is 0 Å². The lowest BCUT2D eigenvalue weighted by atomic mass is 10.2. The van der Waals surface area contributed by atoms with Crippen molar-refractivity contribution < 1.29 is 13.2 Å². The quantitative estimate of drug-likeness (QED) is 0.535. The summed E-state index contributed by atoms with van der Waals surface area (Å²) < 4.78 is 27.5. The molecule has 0 saturated heterocycles. The first-order valence-electron chi connectivity index (χ1n) is 8.91. The van der Waals surface area contributed by atoms with E-state index in [2.05, 4.69) is 10.4 Å². The van der Waals surface area contributed by atoms with Crippen molar-refractivity contribution in [2.45, 2.75) is 35.2 Å². The van der Waals surface area contributed by atoms with Gasteiger partial charge in [0.1, 0.15) is 22.3 Å². The fourth-order valence-electron chi connectivity index (χ4n) is 2.82. The van der Waals surface area contributed by atoms with Gasteiger partial charge in [-0.25, -0.2) is 13.1 Å². The van der Waals surface area contributed by atoms with Crippen molar-refractivity contribution in [1.29, 1.82) is 0 Å². The molecule has 1 heterocycles. The monoisotopic (exact) mass is 464 g/mol. The number of amides is 1. The van der Waals surface area contributed by atoms with Crippen LogP contribution in [0.15, 0.2) is 57.3 Å². The summed E-state index contributed by atoms with van der Waals surface area (Å²) >= 11 is 7.30. The molecule has 0 aliphatic heterocycles. The van der Waals surface area contributed by atoms with Gasteiger partial charge in [-0.3, -0.25) is 4.79 Å². The summed E-state index contributed by atoms with van der Waals surface area (Å²) in [5, 5.41) is 7.57. The molecule has 1 aromatic heterocycles. The van der Waals surface area contributed by atoms with Crippen molar-refractivity contribution >= 4 is 50.6 Å². The van der Waals surface area contributed by atoms with Gasteiger partial charge in [-0.2, -0.15) is 5.10 Å². The first-order chi connectivity index (χ1) is 14.1. The number of hydrogen-bond acceptors (Lipinski definition) is 6. The van der Waals surface area contributed by atoms with Gasteiger partial charge in [0.25, 0.3) is 0 Å². The van der Waals surface area contributed by atoms with Gasteiger partial charge in [0.2, 0.25) is 15.7 Å². The van der Waals surface area contributed by atoms with E-state index in [1.54, 1.807) is 30.5 Å². The minimum Gasteiger partial charge on any atom is -0.383 e. The number of nitrogens with zero attached hydrogens (tertiary/aromatic N) is 2. The third-order valence-electron chi connectivity index (χ3n) is 4.40. The Morgan fingerprint density at radius 1 is 1.17 bits per heavy atom. The number of hydrogen-bond donors (Lipinski definition) is 2. The van der Waals surface area contributed by atoms with E-state index in [1.165, 1.54) is 16.8 Å². The van der Waals surface area contributed by atoms with Crippen LogP contribution in [0.2, 0.25) is 5.02 Å². The predicted molar refractivity (Wildman–Crippen MR) is 120 cm³/mol. The smallest absolute Gasteiger partial charge is 0.246 e. The highest BCUT2D eigenvalue weighted by atomic mass is 35.5. The number of aromatic nitrogens is 2. The molecule has 0 unspecified atom stereocenters. The van der Waals surface area contributed by atoms with Crippen LogP contribution in [0.5, 0.6) is 0 Å². The molecule has 30 heavy (non-hydrogen) atoms. The minimum absolute atomic E-state index is 0.0925. The molecule has 0 atom stereocenters. The van der Waals surface area contributed by atoms with Crippen LogP contribution in [0.1, 0.15) is 11.1 Å². The summed E-state index contributed by atoms with van der Waals surface area (Å²) in [5.74, 6) is -0.521. The van der Waals surface area contributed by atoms with Crippen LogP contribution in [-0.4, -0.2) is 30.4 Å². The highest BCUT2D eigenvalue weighted by molar-refractivity contribution is 7.99. The van der Waals surface area contributed by atoms with E-state index < -0.39 is 15.7 Å². The third-order valence-corrected chi connectivity index (χ3v) is 7.35. The van der Waals surface area contributed by atoms with E-state index in [0.717, 1.165) is 22.9 Å². The van der Waals surface area contributed by atoms with Crippen molar-refractivity contribution in [1.82, 2.24) is 9.78 Å². The molecular weight excluding hydrogens is 444 g/mol. The van der Waals surface area contributed by atoms with E-state index in [0.29, 0.717) is 10.7 Å². The summed E-state index contributed by atoms with van der Waals surface area (Å²) in [4.78, 5) is 12.5. The minimum atomic E-state index is -3.90. The van der Waals surface area contributed by atoms with Crippen LogP contribution in [0.3, 0.4) is 0 Å². The van der Waals surface area contributed by atoms with Crippen molar-refractivity contribution in [2.75, 3.05) is 17.3 Å². The number of halogens is 1. The second kappa shape index (κ2) is 8.71. The number of nitrogens with two attached hydrogens (primary N) is 1. The maximum atomic E-state index is 13.1. The first-order valence-corrected chi connectivity index (χ1v) is 12.0. The van der Waals surface area contributed by atoms with Gasteiger partial charge < -0.3 is 11.1 Å². The largest absolute Gasteiger partial charge is 0.383 e. The molecule has 0 fully saturated rings. The van der Waals surface area contributed by atoms with Gasteiger partial charge in [-0.15, -0.1) is 11.8 Å². The Morgan fingerprint density at radius 3 is 2.40 bits per heavy atom. The van der Waals surface area contributed by atoms with Gasteiger partial charge in [0, 0.05) is 0 Å². The molecule has 0 saturated carbocycles. The average Bonchev–Trinajstić information content (AvgIpc) is 3.00. The molecule has 0 aliphatic rings. The summed E-state index contributed by atoms with van der Waals surface area (Å²) in [6.07, 6.45) is 1.70. The lowest BCUT2D eigenvalue weighted by Gasteiger charge is -2.09. The number of benzene rings is 2. The number of carbonyl (C=O) groups excluding carboxylic acids is 1. The molecule has 3 aromatic rings. The van der Waals surface area contributed by atoms with E-state index in [-0.39, 0.29) is 27.2 Å². The molecule has 0 radical (unpaired) electrons. The van der Waals surface area contributed by atoms with E-state index in [4.69, 9.17) is 17.3 Å². The summed E-state index contributed by atoms with van der Waals surface area (Å²) in [5.41, 5.74) is 8.48. The third kappa shape index (κ3) is 4.48. The normalized spacial score (nSPS) is 11.5. The molecule has 2 aromatic carbocycles. The van der Waals surface area contributed by atoms with Crippen molar-refractivity contribution in [3.8, 4) is 0 Å². The maximum absolute atomic E-state index is 13.1. The second-order valence-electron chi connectivity index (χ2n) is 6.73. The van der Waals surface area contributed by atoms with Crippen LogP contribution >= 0.6 is 23.4 Å². The van der Waals surface area contributed by atoms with Crippen LogP contribution in [0.4, 0.5) is 11.5 Å². The number of nitrogen functional groups attached to an aromatic ring is 1. The number of sulfone groups is 1. The number of anilines is 2. The van der Waals surface area contributed by atoms with E-state index in [9.17, 15) is 13.2 Å². The van der Waals surface area contributed by atoms with Gasteiger partial charge in [0.05, 0.1) is 15.6 Å². The van der Waals surface area contributed by atoms with Gasteiger partial charge in [0.15, 0.2) is 0 Å². The first kappa shape index (κ1) is 22.2. The molecule has 7 nitrogen and oxygen atoms in total. The summed E-state index contributed by atoms with van der Waals surface area (Å²) in [6.45, 7) is 3.50. The van der Waals surface area contributed by atoms with Crippen LogP contribution in [0.25, 0.3) is 0 Å². The second-order valence-corrected chi connectivity index (χ2v) is 9.82. The predicted octanol–water partition coefficient (Wildman–Crippen LogP) is 3.93. The fraction of sp³-hybridized carbons (Fsp3) is 0.200. The lowest BCUT2D eigenvalue weighted by Crippen LogP contribution is -2.21. The molecule has 10 heteroatoms. The Labute approximate surface area is 184 Å². The maximum Gasteiger partial charge on any atom is 0.246 e. The topological polar surface area (TPSA) is 107 Å². The van der Waals surface area contributed by atoms with Crippen molar-refractivity contribution in [3.05, 3.63) is 58.6 Å². The number of aryl methyl sites for hydroxylation is 2. The van der Waals surface area contributed by atoms with E-state index >= 15 is 0 Å². The summed E-state index contributed by atoms with van der Waals surface area (Å²) in [6, 6.07) is 11.7. The van der Waals surface area contributed by atoms with Gasteiger partial charge in [-0.1, -0.05) is 35.4 Å². The zero-order valence-corrected chi connectivity index (χ0v) is 19.0. The molecule has 1 amide bonds. The molecule has 158 valence electrons. The average molecular weight is 465 g/mol. The molecule has 3 rings (SSSR count). The summed E-state index contributed by atoms with van der Waals surface area (Å²) in [7, 11) is -3.90. The van der Waals surface area contributed by atoms with Crippen molar-refractivity contribution in [2.24, 2.45) is 0 Å². The Kier molecular flexibility index (Phi) is 6.44. The molecule has 0 aliphatic carbocycles. The van der Waals surface area contributed by atoms with Gasteiger partial charge >= 0.3 is 0 Å². The molecular formula is C20H21ClN4O3S2. The standard InChI is InChI=1S/C20H21ClN4O3S2/c1-12-4-7-14(8-5-12)30(27,28)18-19(22)25(24-20(18)29-3)11-17(26)23-16-9-6-13(2)10-15(16)21/h4-10H,11,22H2,1-3H3,(H,23,26). The fourth-order valence-corrected chi connectivity index (χ4v) is 5.54. The number of nitrogens with one attached hydrogen (secondary N) is 1. The molecule has 0 spiro atoms. The van der Waals surface area contributed by atoms with Crippen LogP contribution < -0.4 is 11.1 Å². The van der Waals surface area contributed by atoms with E-state index in [1.807, 2.05) is 19.9 Å². The number of carbonyl (C=O) groups is 1. The molecule has 0 bridgehead atoms. The Hall–Kier alpha value is -2.49. The zero-order valence-electron chi connectivity index (χ0n) is 16.6. The number of rotatable bonds is 6.